The minimum absolute atomic E-state index is 0.00645. The molecule has 2 atom stereocenters. The summed E-state index contributed by atoms with van der Waals surface area (Å²) in [6, 6.07) is 7.55. The van der Waals surface area contributed by atoms with Crippen molar-refractivity contribution in [2.24, 2.45) is 0 Å². The fourth-order valence-electron chi connectivity index (χ4n) is 3.34. The fraction of sp³-hybridized carbons (Fsp3) is 0.444. The lowest BCUT2D eigenvalue weighted by Gasteiger charge is -2.25. The molecule has 3 rings (SSSR count). The van der Waals surface area contributed by atoms with Gasteiger partial charge in [0.2, 0.25) is 5.91 Å². The van der Waals surface area contributed by atoms with Crippen LogP contribution in [0.2, 0.25) is 0 Å². The van der Waals surface area contributed by atoms with Crippen molar-refractivity contribution in [3.63, 3.8) is 0 Å². The van der Waals surface area contributed by atoms with Crippen LogP contribution in [0.15, 0.2) is 24.3 Å². The normalized spacial score (nSPS) is 20.4. The Morgan fingerprint density at radius 2 is 2.25 bits per heavy atom. The van der Waals surface area contributed by atoms with Crippen molar-refractivity contribution in [3.05, 3.63) is 46.8 Å². The number of amides is 1. The number of H-pyrrole nitrogens is 1. The molecule has 1 aliphatic rings. The van der Waals surface area contributed by atoms with Gasteiger partial charge < -0.3 is 14.7 Å². The van der Waals surface area contributed by atoms with Crippen molar-refractivity contribution in [1.29, 1.82) is 0 Å². The Kier molecular flexibility index (Phi) is 4.57. The van der Waals surface area contributed by atoms with Gasteiger partial charge in [-0.1, -0.05) is 12.1 Å². The van der Waals surface area contributed by atoms with Crippen LogP contribution >= 0.6 is 0 Å². The van der Waals surface area contributed by atoms with Crippen molar-refractivity contribution >= 4 is 5.91 Å². The average Bonchev–Trinajstić information content (AvgIpc) is 3.12. The van der Waals surface area contributed by atoms with Crippen LogP contribution in [0.5, 0.6) is 5.75 Å². The highest BCUT2D eigenvalue weighted by molar-refractivity contribution is 5.80. The molecule has 2 unspecified atom stereocenters. The number of β-amino-alcohol motifs (C(OH)–C–C–N with tert-alkyl or cyclic N) is 1. The Hall–Kier alpha value is -2.34. The maximum Gasteiger partial charge on any atom is 0.227 e. The van der Waals surface area contributed by atoms with Crippen LogP contribution in [0.4, 0.5) is 0 Å². The molecule has 2 aromatic rings. The number of carbonyl (C=O) groups is 1. The maximum absolute atomic E-state index is 12.8. The lowest BCUT2D eigenvalue weighted by Crippen LogP contribution is -2.33. The SMILES string of the molecule is COc1cccc(C2CC(O)CN2C(=O)Cc2c(C)n[nH]c2C)c1. The lowest BCUT2D eigenvalue weighted by molar-refractivity contribution is -0.131. The Morgan fingerprint density at radius 1 is 1.46 bits per heavy atom. The van der Waals surface area contributed by atoms with Crippen molar-refractivity contribution in [1.82, 2.24) is 15.1 Å². The van der Waals surface area contributed by atoms with Gasteiger partial charge in [0.05, 0.1) is 31.4 Å². The van der Waals surface area contributed by atoms with Crippen LogP contribution in [0.3, 0.4) is 0 Å². The molecule has 6 heteroatoms. The number of methoxy groups -OCH3 is 1. The first-order valence-corrected chi connectivity index (χ1v) is 8.11. The smallest absolute Gasteiger partial charge is 0.227 e. The van der Waals surface area contributed by atoms with E-state index in [1.165, 1.54) is 0 Å². The van der Waals surface area contributed by atoms with Gasteiger partial charge in [0, 0.05) is 17.8 Å². The molecule has 1 aliphatic heterocycles. The summed E-state index contributed by atoms with van der Waals surface area (Å²) in [6.07, 6.45) is 0.334. The number of aliphatic hydroxyl groups excluding tert-OH is 1. The first kappa shape index (κ1) is 16.5. The number of likely N-dealkylation sites (tertiary alicyclic amines) is 1. The molecule has 1 amide bonds. The standard InChI is InChI=1S/C18H23N3O3/c1-11-16(12(2)20-19-11)9-18(23)21-10-14(22)8-17(21)13-5-4-6-15(7-13)24-3/h4-7,14,17,22H,8-10H2,1-3H3,(H,19,20). The Labute approximate surface area is 141 Å². The Bertz CT molecular complexity index is 721. The van der Waals surface area contributed by atoms with E-state index in [1.54, 1.807) is 12.0 Å². The molecule has 1 fully saturated rings. The number of aromatic amines is 1. The molecule has 2 N–H and O–H groups in total. The second-order valence-electron chi connectivity index (χ2n) is 6.32. The number of hydrogen-bond acceptors (Lipinski definition) is 4. The quantitative estimate of drug-likeness (QED) is 0.898. The number of ether oxygens (including phenoxy) is 1. The molecule has 1 saturated heterocycles. The van der Waals surface area contributed by atoms with Crippen molar-refractivity contribution in [2.45, 2.75) is 38.8 Å². The molecule has 1 aromatic heterocycles. The van der Waals surface area contributed by atoms with Gasteiger partial charge in [-0.3, -0.25) is 9.89 Å². The third-order valence-corrected chi connectivity index (χ3v) is 4.69. The molecular formula is C18H23N3O3. The minimum Gasteiger partial charge on any atom is -0.497 e. The highest BCUT2D eigenvalue weighted by Crippen LogP contribution is 2.34. The predicted octanol–water partition coefficient (Wildman–Crippen LogP) is 1.91. The van der Waals surface area contributed by atoms with Crippen LogP contribution in [-0.2, 0) is 11.2 Å². The summed E-state index contributed by atoms with van der Waals surface area (Å²) in [5.74, 6) is 0.759. The topological polar surface area (TPSA) is 78.5 Å². The molecule has 24 heavy (non-hydrogen) atoms. The second-order valence-corrected chi connectivity index (χ2v) is 6.32. The van der Waals surface area contributed by atoms with E-state index in [0.29, 0.717) is 19.4 Å². The zero-order valence-corrected chi connectivity index (χ0v) is 14.2. The van der Waals surface area contributed by atoms with Crippen LogP contribution in [0, 0.1) is 13.8 Å². The minimum atomic E-state index is -0.503. The summed E-state index contributed by atoms with van der Waals surface area (Å²) < 4.78 is 5.28. The van der Waals surface area contributed by atoms with Gasteiger partial charge in [-0.2, -0.15) is 5.10 Å². The summed E-state index contributed by atoms with van der Waals surface area (Å²) in [5, 5.41) is 17.2. The number of benzene rings is 1. The first-order chi connectivity index (χ1) is 11.5. The molecule has 0 spiro atoms. The highest BCUT2D eigenvalue weighted by atomic mass is 16.5. The highest BCUT2D eigenvalue weighted by Gasteiger charge is 2.35. The van der Waals surface area contributed by atoms with Gasteiger partial charge >= 0.3 is 0 Å². The van der Waals surface area contributed by atoms with E-state index in [1.807, 2.05) is 38.1 Å². The van der Waals surface area contributed by atoms with Gasteiger partial charge in [-0.25, -0.2) is 0 Å². The summed E-state index contributed by atoms with van der Waals surface area (Å²) in [6.45, 7) is 4.17. The molecule has 0 radical (unpaired) electrons. The average molecular weight is 329 g/mol. The molecule has 0 aliphatic carbocycles. The lowest BCUT2D eigenvalue weighted by atomic mass is 10.0. The summed E-state index contributed by atoms with van der Waals surface area (Å²) in [5.41, 5.74) is 3.68. The number of hydrogen-bond donors (Lipinski definition) is 2. The number of nitrogens with zero attached hydrogens (tertiary/aromatic N) is 2. The van der Waals surface area contributed by atoms with E-state index in [0.717, 1.165) is 28.3 Å². The number of rotatable bonds is 4. The second kappa shape index (κ2) is 6.65. The maximum atomic E-state index is 12.8. The van der Waals surface area contributed by atoms with Crippen LogP contribution in [0.1, 0.15) is 35.0 Å². The first-order valence-electron chi connectivity index (χ1n) is 8.11. The van der Waals surface area contributed by atoms with Gasteiger partial charge in [0.25, 0.3) is 0 Å². The zero-order valence-electron chi connectivity index (χ0n) is 14.2. The Morgan fingerprint density at radius 3 is 2.92 bits per heavy atom. The summed E-state index contributed by atoms with van der Waals surface area (Å²) >= 11 is 0. The molecular weight excluding hydrogens is 306 g/mol. The van der Waals surface area contributed by atoms with E-state index in [9.17, 15) is 9.90 Å². The van der Waals surface area contributed by atoms with Gasteiger partial charge in [0.15, 0.2) is 0 Å². The number of nitrogens with one attached hydrogen (secondary N) is 1. The number of aromatic nitrogens is 2. The number of aryl methyl sites for hydroxylation is 2. The summed E-state index contributed by atoms with van der Waals surface area (Å²) in [7, 11) is 1.62. The molecule has 2 heterocycles. The van der Waals surface area contributed by atoms with Crippen LogP contribution in [0.25, 0.3) is 0 Å². The van der Waals surface area contributed by atoms with Crippen molar-refractivity contribution in [2.75, 3.05) is 13.7 Å². The van der Waals surface area contributed by atoms with Crippen molar-refractivity contribution in [3.8, 4) is 5.75 Å². The molecule has 0 saturated carbocycles. The van der Waals surface area contributed by atoms with E-state index < -0.39 is 6.10 Å². The molecule has 1 aromatic carbocycles. The van der Waals surface area contributed by atoms with Gasteiger partial charge in [-0.15, -0.1) is 0 Å². The number of aliphatic hydroxyl groups is 1. The third-order valence-electron chi connectivity index (χ3n) is 4.69. The van der Waals surface area contributed by atoms with E-state index in [2.05, 4.69) is 10.2 Å². The molecule has 0 bridgehead atoms. The van der Waals surface area contributed by atoms with Gasteiger partial charge in [0.1, 0.15) is 5.75 Å². The predicted molar refractivity (Wildman–Crippen MR) is 89.8 cm³/mol. The third kappa shape index (κ3) is 3.14. The molecule has 128 valence electrons. The van der Waals surface area contributed by atoms with Crippen LogP contribution in [-0.4, -0.2) is 45.9 Å². The van der Waals surface area contributed by atoms with Gasteiger partial charge in [-0.05, 0) is 38.0 Å². The largest absolute Gasteiger partial charge is 0.497 e. The zero-order chi connectivity index (χ0) is 17.3. The fourth-order valence-corrected chi connectivity index (χ4v) is 3.34. The molecule has 6 nitrogen and oxygen atoms in total. The van der Waals surface area contributed by atoms with E-state index >= 15 is 0 Å². The van der Waals surface area contributed by atoms with E-state index in [4.69, 9.17) is 4.74 Å². The van der Waals surface area contributed by atoms with E-state index in [-0.39, 0.29) is 11.9 Å². The monoisotopic (exact) mass is 329 g/mol. The van der Waals surface area contributed by atoms with Crippen LogP contribution < -0.4 is 4.74 Å². The number of carbonyl (C=O) groups excluding carboxylic acids is 1. The van der Waals surface area contributed by atoms with Crippen molar-refractivity contribution < 1.29 is 14.6 Å². The Balaban J connectivity index is 1.83. The summed E-state index contributed by atoms with van der Waals surface area (Å²) in [4.78, 5) is 14.6.